The minimum absolute atomic E-state index is 0. The third kappa shape index (κ3) is 39.4. The van der Waals surface area contributed by atoms with Gasteiger partial charge in [0, 0.05) is 40.8 Å². The molecule has 41 valence electrons. The third-order valence-electron chi connectivity index (χ3n) is 0. The summed E-state index contributed by atoms with van der Waals surface area (Å²) in [6.07, 6.45) is 0. The molecule has 6 heteroatoms. The quantitative estimate of drug-likeness (QED) is 0.465. The molecule has 0 spiro atoms. The minimum Gasteiger partial charge on any atom is -2.00 e. The first-order chi connectivity index (χ1) is 0. The van der Waals surface area contributed by atoms with E-state index in [0.717, 1.165) is 0 Å². The topological polar surface area (TPSA) is 85.5 Å². The van der Waals surface area contributed by atoms with Crippen molar-refractivity contribution in [1.82, 2.24) is 0 Å². The van der Waals surface area contributed by atoms with Crippen molar-refractivity contribution in [1.29, 1.82) is 0 Å². The smallest absolute Gasteiger partial charge is 2.00 e. The monoisotopic (exact) mass is 439 g/mol. The van der Waals surface area contributed by atoms with Crippen LogP contribution in [0.2, 0.25) is 0 Å². The molecule has 0 aromatic carbocycles. The maximum Gasteiger partial charge on any atom is 6.00 e. The summed E-state index contributed by atoms with van der Waals surface area (Å²) in [7, 11) is 0. The van der Waals surface area contributed by atoms with Crippen LogP contribution >= 0.6 is 0 Å². The van der Waals surface area contributed by atoms with Crippen molar-refractivity contribution in [2.24, 2.45) is 0 Å². The van der Waals surface area contributed by atoms with Gasteiger partial charge >= 0.3 is 21.1 Å². The van der Waals surface area contributed by atoms with Crippen molar-refractivity contribution in [2.75, 3.05) is 0 Å². The second-order valence-corrected chi connectivity index (χ2v) is 0. The van der Waals surface area contributed by atoms with E-state index in [0.29, 0.717) is 0 Å². The van der Waals surface area contributed by atoms with Gasteiger partial charge in [0.05, 0.1) is 0 Å². The van der Waals surface area contributed by atoms with E-state index in [2.05, 4.69) is 0 Å². The standard InChI is InChI=1S/Mo.3O.Pd.Re/q+6;3*-2;;. The molecule has 0 aromatic heterocycles. The second kappa shape index (κ2) is 66.8. The van der Waals surface area contributed by atoms with E-state index >= 15 is 0 Å². The molecule has 0 atom stereocenters. The Morgan fingerprint density at radius 2 is 0.667 bits per heavy atom. The van der Waals surface area contributed by atoms with Crippen molar-refractivity contribution in [3.8, 4) is 0 Å². The van der Waals surface area contributed by atoms with Crippen molar-refractivity contribution in [3.05, 3.63) is 0 Å². The Bertz CT molecular complexity index is 10.8. The Morgan fingerprint density at radius 1 is 0.667 bits per heavy atom. The van der Waals surface area contributed by atoms with Crippen molar-refractivity contribution in [2.45, 2.75) is 0 Å². The van der Waals surface area contributed by atoms with E-state index in [1.54, 1.807) is 0 Å². The van der Waals surface area contributed by atoms with E-state index in [1.807, 2.05) is 0 Å². The molecule has 0 fully saturated rings. The van der Waals surface area contributed by atoms with Crippen LogP contribution in [0.25, 0.3) is 0 Å². The molecule has 0 saturated heterocycles. The van der Waals surface area contributed by atoms with Crippen LogP contribution in [0.5, 0.6) is 0 Å². The molecule has 0 aliphatic rings. The maximum absolute atomic E-state index is 0. The molecule has 0 aromatic rings. The minimum atomic E-state index is 0. The second-order valence-electron chi connectivity index (χ2n) is 0. The molecule has 0 amide bonds. The van der Waals surface area contributed by atoms with Gasteiger partial charge in [0.1, 0.15) is 0 Å². The van der Waals surface area contributed by atoms with Gasteiger partial charge in [0.25, 0.3) is 0 Å². The van der Waals surface area contributed by atoms with Crippen LogP contribution in [0.4, 0.5) is 0 Å². The molecular weight excluding hydrogens is 437 g/mol. The molecule has 0 aliphatic carbocycles. The number of hydrogen-bond donors (Lipinski definition) is 0. The predicted molar refractivity (Wildman–Crippen MR) is 2.06 cm³/mol. The molecule has 0 rings (SSSR count). The average molecular weight is 437 g/mol. The molecule has 0 unspecified atom stereocenters. The van der Waals surface area contributed by atoms with E-state index in [-0.39, 0.29) is 78.3 Å². The summed E-state index contributed by atoms with van der Waals surface area (Å²) < 4.78 is 0. The van der Waals surface area contributed by atoms with Gasteiger partial charge < -0.3 is 16.4 Å². The van der Waals surface area contributed by atoms with Crippen LogP contribution in [0.3, 0.4) is 0 Å². The van der Waals surface area contributed by atoms with Gasteiger partial charge in [-0.1, -0.05) is 0 Å². The van der Waals surface area contributed by atoms with E-state index < -0.39 is 0 Å². The largest absolute Gasteiger partial charge is 6.00 e. The third-order valence-corrected chi connectivity index (χ3v) is 0. The van der Waals surface area contributed by atoms with Crippen LogP contribution in [0, 0.1) is 0 Å². The van der Waals surface area contributed by atoms with Gasteiger partial charge in [-0.3, -0.25) is 0 Å². The molecular formula is MoO3PdRe. The Morgan fingerprint density at radius 3 is 0.667 bits per heavy atom. The van der Waals surface area contributed by atoms with Crippen molar-refractivity contribution < 1.29 is 78.3 Å². The molecule has 3 nitrogen and oxygen atoms in total. The fourth-order valence-electron chi connectivity index (χ4n) is 0. The summed E-state index contributed by atoms with van der Waals surface area (Å²) in [5.41, 5.74) is 0. The van der Waals surface area contributed by atoms with E-state index in [1.165, 1.54) is 0 Å². The van der Waals surface area contributed by atoms with Gasteiger partial charge in [-0.25, -0.2) is 0 Å². The summed E-state index contributed by atoms with van der Waals surface area (Å²) in [4.78, 5) is 0. The Labute approximate surface area is 77.8 Å². The molecule has 0 N–H and O–H groups in total. The van der Waals surface area contributed by atoms with E-state index in [4.69, 9.17) is 0 Å². The average Bonchev–Trinajstić information content (AvgIpc) is 0. The molecule has 0 heterocycles. The Kier molecular flexibility index (Phi) is 1170. The molecule has 0 bridgehead atoms. The van der Waals surface area contributed by atoms with Crippen LogP contribution in [-0.4, -0.2) is 0 Å². The summed E-state index contributed by atoms with van der Waals surface area (Å²) >= 11 is 0. The Hall–Kier alpha value is 1.89. The Balaban J connectivity index is 0. The van der Waals surface area contributed by atoms with Gasteiger partial charge in [0.2, 0.25) is 0 Å². The maximum atomic E-state index is 0. The van der Waals surface area contributed by atoms with Gasteiger partial charge in [0.15, 0.2) is 0 Å². The molecule has 0 saturated carbocycles. The van der Waals surface area contributed by atoms with Crippen molar-refractivity contribution in [3.63, 3.8) is 0 Å². The van der Waals surface area contributed by atoms with Crippen LogP contribution < -0.4 is 0 Å². The fraction of sp³-hybridized carbons (Fsp3) is 0. The number of rotatable bonds is 0. The first kappa shape index (κ1) is 105. The number of hydrogen-bond acceptors (Lipinski definition) is 0. The molecule has 1 radical (unpaired) electrons. The van der Waals surface area contributed by atoms with Crippen LogP contribution in [0.1, 0.15) is 0 Å². The summed E-state index contributed by atoms with van der Waals surface area (Å²) in [6, 6.07) is 0. The van der Waals surface area contributed by atoms with Crippen molar-refractivity contribution >= 4 is 0 Å². The van der Waals surface area contributed by atoms with Gasteiger partial charge in [-0.05, 0) is 0 Å². The summed E-state index contributed by atoms with van der Waals surface area (Å²) in [5, 5.41) is 0. The predicted octanol–water partition coefficient (Wildman–Crippen LogP) is -0.364. The molecule has 0 aliphatic heterocycles. The van der Waals surface area contributed by atoms with Gasteiger partial charge in [-0.2, -0.15) is 0 Å². The fourth-order valence-corrected chi connectivity index (χ4v) is 0. The van der Waals surface area contributed by atoms with Gasteiger partial charge in [-0.15, -0.1) is 0 Å². The van der Waals surface area contributed by atoms with Crippen LogP contribution in [0.15, 0.2) is 0 Å². The van der Waals surface area contributed by atoms with Crippen LogP contribution in [-0.2, 0) is 78.3 Å². The zero-order chi connectivity index (χ0) is 0. The molecule has 6 heavy (non-hydrogen) atoms. The first-order valence-corrected chi connectivity index (χ1v) is 0. The summed E-state index contributed by atoms with van der Waals surface area (Å²) in [5.74, 6) is 0. The SMILES string of the molecule is [Mo+6].[O-2].[O-2].[O-2].[Pd].[Re]. The zero-order valence-corrected chi connectivity index (χ0v) is 8.60. The summed E-state index contributed by atoms with van der Waals surface area (Å²) in [6.45, 7) is 0. The normalized spacial score (nSPS) is 0. The first-order valence-electron chi connectivity index (χ1n) is 0. The van der Waals surface area contributed by atoms with E-state index in [9.17, 15) is 0 Å². The zero-order valence-electron chi connectivity index (χ0n) is 2.33.